The molecule has 3 aromatic rings. The van der Waals surface area contributed by atoms with Gasteiger partial charge in [0.15, 0.2) is 0 Å². The number of carbonyl (C=O) groups is 1. The highest BCUT2D eigenvalue weighted by atomic mass is 32.1. The molecule has 0 atom stereocenters. The molecule has 0 bridgehead atoms. The van der Waals surface area contributed by atoms with Gasteiger partial charge in [0.05, 0.1) is 12.0 Å². The summed E-state index contributed by atoms with van der Waals surface area (Å²) in [6.07, 6.45) is 0. The van der Waals surface area contributed by atoms with Crippen LogP contribution in [-0.4, -0.2) is 22.5 Å². The van der Waals surface area contributed by atoms with Crippen molar-refractivity contribution in [2.75, 3.05) is 6.61 Å². The number of carbonyl (C=O) groups excluding carboxylic acids is 1. The first kappa shape index (κ1) is 11.9. The molecule has 0 fully saturated rings. The molecule has 0 spiro atoms. The first-order valence-electron chi connectivity index (χ1n) is 5.79. The number of nitrogens with one attached hydrogen (secondary N) is 1. The number of hydrogen-bond donors (Lipinski definition) is 1. The third-order valence-electron chi connectivity index (χ3n) is 2.72. The largest absolute Gasteiger partial charge is 0.460 e. The van der Waals surface area contributed by atoms with Crippen LogP contribution in [0, 0.1) is 0 Å². The van der Waals surface area contributed by atoms with Gasteiger partial charge in [0.1, 0.15) is 4.83 Å². The molecule has 0 saturated heterocycles. The van der Waals surface area contributed by atoms with Crippen molar-refractivity contribution in [3.05, 3.63) is 40.4 Å². The number of thiophene rings is 1. The molecule has 0 amide bonds. The molecule has 1 aromatic carbocycles. The molecule has 0 unspecified atom stereocenters. The predicted octanol–water partition coefficient (Wildman–Crippen LogP) is 2.56. The number of hydrogen-bond acceptors (Lipinski definition) is 5. The fraction of sp³-hybridized carbons (Fsp3) is 0.154. The minimum Gasteiger partial charge on any atom is -0.460 e. The van der Waals surface area contributed by atoms with Crippen LogP contribution in [0.5, 0.6) is 0 Å². The maximum atomic E-state index is 12.1. The van der Waals surface area contributed by atoms with Gasteiger partial charge in [0, 0.05) is 11.5 Å². The predicted molar refractivity (Wildman–Crippen MR) is 75.8 cm³/mol. The Morgan fingerprint density at radius 2 is 2.26 bits per heavy atom. The van der Waals surface area contributed by atoms with E-state index in [1.165, 1.54) is 11.3 Å². The number of H-pyrrole nitrogens is 1. The fourth-order valence-corrected chi connectivity index (χ4v) is 3.00. The van der Waals surface area contributed by atoms with Crippen LogP contribution in [0.25, 0.3) is 20.3 Å². The molecule has 0 aliphatic heterocycles. The van der Waals surface area contributed by atoms with E-state index in [1.54, 1.807) is 6.92 Å². The van der Waals surface area contributed by atoms with Crippen LogP contribution < -0.4 is 5.56 Å². The first-order chi connectivity index (χ1) is 9.20. The molecule has 0 aliphatic carbocycles. The molecule has 3 rings (SSSR count). The summed E-state index contributed by atoms with van der Waals surface area (Å²) in [6, 6.07) is 7.56. The van der Waals surface area contributed by atoms with Crippen molar-refractivity contribution < 1.29 is 11.0 Å². The zero-order valence-electron chi connectivity index (χ0n) is 10.1. The minimum atomic E-state index is -0.612. The van der Waals surface area contributed by atoms with Gasteiger partial charge in [0.25, 0.3) is 5.56 Å². The molecule has 2 aromatic heterocycles. The third-order valence-corrected chi connectivity index (χ3v) is 3.78. The monoisotopic (exact) mass is 276 g/mol. The minimum absolute atomic E-state index is 0. The summed E-state index contributed by atoms with van der Waals surface area (Å²) < 4.78 is 5.81. The van der Waals surface area contributed by atoms with Gasteiger partial charge in [0.2, 0.25) is 5.82 Å². The van der Waals surface area contributed by atoms with Crippen molar-refractivity contribution in [1.29, 1.82) is 0 Å². The molecule has 0 saturated carbocycles. The second kappa shape index (κ2) is 4.47. The molecular formula is C13H12N2O3S. The molecule has 0 aliphatic rings. The Morgan fingerprint density at radius 1 is 1.47 bits per heavy atom. The normalized spacial score (nSPS) is 11.0. The number of benzene rings is 1. The summed E-state index contributed by atoms with van der Waals surface area (Å²) >= 11 is 1.39. The number of aromatic nitrogens is 2. The van der Waals surface area contributed by atoms with E-state index in [9.17, 15) is 9.59 Å². The van der Waals surface area contributed by atoms with Crippen LogP contribution >= 0.6 is 11.3 Å². The van der Waals surface area contributed by atoms with Gasteiger partial charge in [-0.2, -0.15) is 0 Å². The van der Waals surface area contributed by atoms with Crippen LogP contribution in [-0.2, 0) is 4.74 Å². The number of aromatic amines is 1. The van der Waals surface area contributed by atoms with Crippen molar-refractivity contribution in [1.82, 2.24) is 9.97 Å². The highest BCUT2D eigenvalue weighted by molar-refractivity contribution is 7.25. The van der Waals surface area contributed by atoms with Crippen molar-refractivity contribution in [3.8, 4) is 0 Å². The smallest absolute Gasteiger partial charge is 0.374 e. The van der Waals surface area contributed by atoms with E-state index in [-0.39, 0.29) is 19.4 Å². The lowest BCUT2D eigenvalue weighted by Gasteiger charge is -2.00. The Hall–Kier alpha value is -2.21. The van der Waals surface area contributed by atoms with Crippen LogP contribution in [0.1, 0.15) is 19.0 Å². The molecule has 5 nitrogen and oxygen atoms in total. The van der Waals surface area contributed by atoms with Crippen molar-refractivity contribution in [2.45, 2.75) is 6.92 Å². The second-order valence-electron chi connectivity index (χ2n) is 3.91. The van der Waals surface area contributed by atoms with Crippen molar-refractivity contribution in [3.63, 3.8) is 0 Å². The molecule has 19 heavy (non-hydrogen) atoms. The van der Waals surface area contributed by atoms with Crippen molar-refractivity contribution >= 4 is 37.6 Å². The number of nitrogens with zero attached hydrogens (tertiary/aromatic N) is 1. The summed E-state index contributed by atoms with van der Waals surface area (Å²) in [7, 11) is 0. The maximum absolute atomic E-state index is 12.1. The van der Waals surface area contributed by atoms with E-state index in [0.717, 1.165) is 10.1 Å². The van der Waals surface area contributed by atoms with Gasteiger partial charge in [-0.1, -0.05) is 18.2 Å². The first-order valence-corrected chi connectivity index (χ1v) is 6.61. The Bertz CT molecular complexity index is 840. The second-order valence-corrected chi connectivity index (χ2v) is 4.94. The molecular weight excluding hydrogens is 264 g/mol. The van der Waals surface area contributed by atoms with Gasteiger partial charge < -0.3 is 9.72 Å². The average Bonchev–Trinajstić information content (AvgIpc) is 2.77. The number of fused-ring (bicyclic) bond motifs is 3. The van der Waals surface area contributed by atoms with Crippen LogP contribution in [0.15, 0.2) is 29.1 Å². The molecule has 6 heteroatoms. The standard InChI is InChI=1S/C13H10N2O3S.H2/c1-2-18-13(17)10-14-11(16)9-7-5-3-4-6-8(7)19-12(9)15-10;/h3-6H,2H2,1H3,(H,14,15,16);1H. The van der Waals surface area contributed by atoms with Gasteiger partial charge in [-0.3, -0.25) is 4.79 Å². The van der Waals surface area contributed by atoms with Crippen molar-refractivity contribution in [2.24, 2.45) is 0 Å². The van der Waals surface area contributed by atoms with Crippen LogP contribution in [0.4, 0.5) is 0 Å². The van der Waals surface area contributed by atoms with Gasteiger partial charge >= 0.3 is 5.97 Å². The zero-order chi connectivity index (χ0) is 13.4. The van der Waals surface area contributed by atoms with Gasteiger partial charge in [-0.05, 0) is 13.0 Å². The van der Waals surface area contributed by atoms with Gasteiger partial charge in [-0.25, -0.2) is 9.78 Å². The average molecular weight is 276 g/mol. The summed E-state index contributed by atoms with van der Waals surface area (Å²) in [5.74, 6) is -0.662. The number of ether oxygens (including phenoxy) is 1. The molecule has 0 radical (unpaired) electrons. The maximum Gasteiger partial charge on any atom is 0.374 e. The molecule has 98 valence electrons. The highest BCUT2D eigenvalue weighted by Gasteiger charge is 2.15. The van der Waals surface area contributed by atoms with E-state index in [1.807, 2.05) is 24.3 Å². The van der Waals surface area contributed by atoms with Crippen LogP contribution in [0.3, 0.4) is 0 Å². The lowest BCUT2D eigenvalue weighted by atomic mass is 10.2. The third kappa shape index (κ3) is 1.90. The Kier molecular flexibility index (Phi) is 2.79. The SMILES string of the molecule is CCOC(=O)c1nc2sc3ccccc3c2c(=O)[nH]1.[HH]. The molecule has 2 heterocycles. The lowest BCUT2D eigenvalue weighted by molar-refractivity contribution is 0.0512. The number of esters is 1. The highest BCUT2D eigenvalue weighted by Crippen LogP contribution is 2.29. The summed E-state index contributed by atoms with van der Waals surface area (Å²) in [6.45, 7) is 1.95. The topological polar surface area (TPSA) is 72.0 Å². The zero-order valence-corrected chi connectivity index (χ0v) is 10.9. The van der Waals surface area contributed by atoms with E-state index < -0.39 is 5.97 Å². The van der Waals surface area contributed by atoms with Crippen LogP contribution in [0.2, 0.25) is 0 Å². The van der Waals surface area contributed by atoms with E-state index in [4.69, 9.17) is 4.74 Å². The van der Waals surface area contributed by atoms with E-state index >= 15 is 0 Å². The Morgan fingerprint density at radius 3 is 3.05 bits per heavy atom. The lowest BCUT2D eigenvalue weighted by Crippen LogP contribution is -2.17. The molecule has 1 N–H and O–H groups in total. The van der Waals surface area contributed by atoms with Gasteiger partial charge in [-0.15, -0.1) is 11.3 Å². The quantitative estimate of drug-likeness (QED) is 0.730. The summed E-state index contributed by atoms with van der Waals surface area (Å²) in [4.78, 5) is 30.9. The summed E-state index contributed by atoms with van der Waals surface area (Å²) in [5.41, 5.74) is -0.314. The van der Waals surface area contributed by atoms with E-state index in [0.29, 0.717) is 10.2 Å². The number of rotatable bonds is 2. The Labute approximate surface area is 113 Å². The Balaban J connectivity index is 0.00000147. The fourth-order valence-electron chi connectivity index (χ4n) is 1.93. The summed E-state index contributed by atoms with van der Waals surface area (Å²) in [5, 5.41) is 1.38. The van der Waals surface area contributed by atoms with E-state index in [2.05, 4.69) is 9.97 Å².